The molecule has 1 aliphatic heterocycles. The van der Waals surface area contributed by atoms with E-state index in [0.717, 1.165) is 43.9 Å². The third-order valence-corrected chi connectivity index (χ3v) is 7.61. The number of carbonyl (C=O) groups is 1. The van der Waals surface area contributed by atoms with Crippen LogP contribution in [0.2, 0.25) is 0 Å². The van der Waals surface area contributed by atoms with Crippen molar-refractivity contribution >= 4 is 45.6 Å². The number of ether oxygens (including phenoxy) is 1. The number of nitrogens with one attached hydrogen (secondary N) is 1. The number of piperazine rings is 1. The normalized spacial score (nSPS) is 29.2. The summed E-state index contributed by atoms with van der Waals surface area (Å²) in [5.74, 6) is 0.726. The predicted molar refractivity (Wildman–Crippen MR) is 113 cm³/mol. The van der Waals surface area contributed by atoms with Crippen LogP contribution in [-0.4, -0.2) is 54.5 Å². The summed E-state index contributed by atoms with van der Waals surface area (Å²) in [7, 11) is 1.43. The highest BCUT2D eigenvalue weighted by Gasteiger charge is 2.33. The number of hydrogen-bond acceptors (Lipinski definition) is 6. The number of nitrogens with zero attached hydrogens (tertiary/aromatic N) is 2. The Kier molecular flexibility index (Phi) is 7.28. The fourth-order valence-electron chi connectivity index (χ4n) is 3.87. The lowest BCUT2D eigenvalue weighted by Crippen LogP contribution is -2.54. The van der Waals surface area contributed by atoms with Crippen LogP contribution in [-0.2, 0) is 16.0 Å². The Morgan fingerprint density at radius 1 is 1.37 bits per heavy atom. The molecule has 0 amide bonds. The lowest BCUT2D eigenvalue weighted by atomic mass is 9.85. The van der Waals surface area contributed by atoms with Crippen molar-refractivity contribution in [2.75, 3.05) is 31.6 Å². The molecule has 1 saturated carbocycles. The number of alkyl halides is 2. The maximum absolute atomic E-state index is 11.9. The second-order valence-corrected chi connectivity index (χ2v) is 10.1. The Balaban J connectivity index is 1.82. The molecular weight excluding hydrogens is 405 g/mol. The summed E-state index contributed by atoms with van der Waals surface area (Å²) in [5, 5.41) is 4.30. The van der Waals surface area contributed by atoms with Crippen LogP contribution in [0.25, 0.3) is 0 Å². The van der Waals surface area contributed by atoms with E-state index in [1.807, 2.05) is 0 Å². The molecule has 27 heavy (non-hydrogen) atoms. The summed E-state index contributed by atoms with van der Waals surface area (Å²) < 4.78 is 4.90. The molecule has 1 aliphatic carbocycles. The number of anilines is 1. The molecule has 4 unspecified atom stereocenters. The molecule has 1 aromatic rings. The maximum atomic E-state index is 11.9. The van der Waals surface area contributed by atoms with E-state index in [1.54, 1.807) is 11.3 Å². The average molecular weight is 434 g/mol. The first kappa shape index (κ1) is 21.2. The molecule has 1 N–H and O–H groups in total. The summed E-state index contributed by atoms with van der Waals surface area (Å²) in [4.78, 5) is 20.5. The highest BCUT2D eigenvalue weighted by Crippen LogP contribution is 2.42. The van der Waals surface area contributed by atoms with Crippen molar-refractivity contribution in [3.8, 4) is 0 Å². The minimum absolute atomic E-state index is 0.00496. The monoisotopic (exact) mass is 433 g/mol. The number of esters is 1. The van der Waals surface area contributed by atoms with E-state index in [2.05, 4.69) is 24.1 Å². The zero-order valence-corrected chi connectivity index (χ0v) is 18.5. The van der Waals surface area contributed by atoms with Gasteiger partial charge in [-0.05, 0) is 31.6 Å². The van der Waals surface area contributed by atoms with E-state index in [0.29, 0.717) is 18.4 Å². The van der Waals surface area contributed by atoms with Gasteiger partial charge in [0, 0.05) is 35.8 Å². The Hall–Kier alpha value is -0.560. The van der Waals surface area contributed by atoms with Crippen LogP contribution < -0.4 is 10.2 Å². The van der Waals surface area contributed by atoms with Crippen molar-refractivity contribution in [2.24, 2.45) is 5.92 Å². The van der Waals surface area contributed by atoms with Gasteiger partial charge in [-0.2, -0.15) is 0 Å². The summed E-state index contributed by atoms with van der Waals surface area (Å²) >= 11 is 14.6. The fraction of sp³-hybridized carbons (Fsp3) is 0.789. The first-order chi connectivity index (χ1) is 12.9. The second kappa shape index (κ2) is 9.29. The van der Waals surface area contributed by atoms with Crippen LogP contribution in [0.3, 0.4) is 0 Å². The number of halogens is 2. The predicted octanol–water partition coefficient (Wildman–Crippen LogP) is 3.78. The fourth-order valence-corrected chi connectivity index (χ4v) is 5.84. The second-order valence-electron chi connectivity index (χ2n) is 7.92. The van der Waals surface area contributed by atoms with Gasteiger partial charge in [-0.3, -0.25) is 4.79 Å². The van der Waals surface area contributed by atoms with Crippen LogP contribution >= 0.6 is 34.5 Å². The van der Waals surface area contributed by atoms with Crippen molar-refractivity contribution in [1.29, 1.82) is 0 Å². The van der Waals surface area contributed by atoms with Gasteiger partial charge < -0.3 is 15.0 Å². The molecule has 2 aliphatic rings. The van der Waals surface area contributed by atoms with Crippen molar-refractivity contribution in [1.82, 2.24) is 10.3 Å². The van der Waals surface area contributed by atoms with Gasteiger partial charge in [0.05, 0.1) is 18.2 Å². The molecule has 0 bridgehead atoms. The number of aromatic nitrogens is 1. The average Bonchev–Trinajstić information content (AvgIpc) is 3.06. The quantitative estimate of drug-likeness (QED) is 0.565. The van der Waals surface area contributed by atoms with E-state index in [1.165, 1.54) is 17.7 Å². The third kappa shape index (κ3) is 5.08. The number of methoxy groups -OCH3 is 1. The van der Waals surface area contributed by atoms with Crippen molar-refractivity contribution < 1.29 is 9.53 Å². The van der Waals surface area contributed by atoms with E-state index in [4.69, 9.17) is 32.9 Å². The molecule has 1 saturated heterocycles. The van der Waals surface area contributed by atoms with E-state index < -0.39 is 0 Å². The maximum Gasteiger partial charge on any atom is 0.324 e. The number of rotatable bonds is 5. The van der Waals surface area contributed by atoms with Crippen LogP contribution in [0, 0.1) is 5.92 Å². The van der Waals surface area contributed by atoms with Gasteiger partial charge in [-0.1, -0.05) is 13.8 Å². The Labute approximate surface area is 175 Å². The first-order valence-electron chi connectivity index (χ1n) is 9.73. The van der Waals surface area contributed by atoms with Crippen molar-refractivity contribution in [3.63, 3.8) is 0 Å². The van der Waals surface area contributed by atoms with Crippen molar-refractivity contribution in [2.45, 2.75) is 62.2 Å². The topological polar surface area (TPSA) is 54.5 Å². The first-order valence-corrected chi connectivity index (χ1v) is 11.4. The highest BCUT2D eigenvalue weighted by atomic mass is 35.5. The number of carbonyl (C=O) groups excluding carboxylic acids is 1. The van der Waals surface area contributed by atoms with Gasteiger partial charge in [0.25, 0.3) is 0 Å². The zero-order chi connectivity index (χ0) is 19.6. The van der Waals surface area contributed by atoms with Gasteiger partial charge in [0.15, 0.2) is 5.13 Å². The summed E-state index contributed by atoms with van der Waals surface area (Å²) in [6, 6.07) is -0.302. The van der Waals surface area contributed by atoms with Gasteiger partial charge in [-0.25, -0.2) is 4.98 Å². The van der Waals surface area contributed by atoms with Gasteiger partial charge in [0.1, 0.15) is 6.04 Å². The molecule has 2 fully saturated rings. The molecular formula is C19H29Cl2N3O2S. The highest BCUT2D eigenvalue weighted by molar-refractivity contribution is 7.15. The zero-order valence-electron chi connectivity index (χ0n) is 16.2. The molecule has 5 nitrogen and oxygen atoms in total. The smallest absolute Gasteiger partial charge is 0.324 e. The van der Waals surface area contributed by atoms with Crippen LogP contribution in [0.4, 0.5) is 5.13 Å². The van der Waals surface area contributed by atoms with E-state index in [9.17, 15) is 4.79 Å². The molecule has 152 valence electrons. The van der Waals surface area contributed by atoms with Crippen LogP contribution in [0.15, 0.2) is 0 Å². The van der Waals surface area contributed by atoms with Crippen LogP contribution in [0.5, 0.6) is 0 Å². The molecule has 2 heterocycles. The van der Waals surface area contributed by atoms with E-state index in [-0.39, 0.29) is 22.8 Å². The minimum Gasteiger partial charge on any atom is -0.468 e. The van der Waals surface area contributed by atoms with Gasteiger partial charge in [-0.15, -0.1) is 34.5 Å². The minimum atomic E-state index is -0.302. The van der Waals surface area contributed by atoms with E-state index >= 15 is 0 Å². The summed E-state index contributed by atoms with van der Waals surface area (Å²) in [5.41, 5.74) is 1.20. The molecule has 3 rings (SSSR count). The largest absolute Gasteiger partial charge is 0.468 e. The van der Waals surface area contributed by atoms with Crippen LogP contribution in [0.1, 0.15) is 49.6 Å². The Morgan fingerprint density at radius 3 is 2.81 bits per heavy atom. The number of hydrogen-bond donors (Lipinski definition) is 1. The SMILES string of the molecule is COC(=O)C1CN(c2nc(C3CCC(Cl)C(Cl)C3)c(CC(C)C)s2)CCN1. The summed E-state index contributed by atoms with van der Waals surface area (Å²) in [6.45, 7) is 6.65. The Bertz CT molecular complexity index is 655. The Morgan fingerprint density at radius 2 is 2.15 bits per heavy atom. The molecule has 0 spiro atoms. The molecule has 0 radical (unpaired) electrons. The number of thiazole rings is 1. The molecule has 8 heteroatoms. The molecule has 4 atom stereocenters. The van der Waals surface area contributed by atoms with Crippen molar-refractivity contribution in [3.05, 3.63) is 10.6 Å². The van der Waals surface area contributed by atoms with Gasteiger partial charge >= 0.3 is 5.97 Å². The lowest BCUT2D eigenvalue weighted by molar-refractivity contribution is -0.143. The molecule has 0 aromatic carbocycles. The van der Waals surface area contributed by atoms with Gasteiger partial charge in [0.2, 0.25) is 0 Å². The standard InChI is InChI=1S/C19H29Cl2N3O2S/c1-11(2)8-16-17(12-4-5-13(20)14(21)9-12)23-19(27-16)24-7-6-22-15(10-24)18(25)26-3/h11-15,22H,4-10H2,1-3H3. The lowest BCUT2D eigenvalue weighted by Gasteiger charge is -2.32. The molecule has 1 aromatic heterocycles. The third-order valence-electron chi connectivity index (χ3n) is 5.32. The summed E-state index contributed by atoms with van der Waals surface area (Å²) in [6.07, 6.45) is 3.88.